The first kappa shape index (κ1) is 58.1. The third-order valence-corrected chi connectivity index (χ3v) is 10.0. The molecular formula is C56H90O6. The van der Waals surface area contributed by atoms with Gasteiger partial charge in [0.05, 0.1) is 0 Å². The molecule has 0 amide bonds. The molecule has 0 aromatic heterocycles. The topological polar surface area (TPSA) is 78.9 Å². The lowest BCUT2D eigenvalue weighted by Gasteiger charge is -2.18. The number of unbranched alkanes of at least 4 members (excludes halogenated alkanes) is 14. The maximum Gasteiger partial charge on any atom is 0.306 e. The van der Waals surface area contributed by atoms with E-state index in [1.807, 2.05) is 12.2 Å². The van der Waals surface area contributed by atoms with E-state index in [0.29, 0.717) is 19.3 Å². The standard InChI is InChI=1S/C56H90O6/c1-4-7-10-13-16-19-22-25-27-28-29-32-34-37-40-43-46-49-55(58)61-52-53(51-60-54(57)48-45-42-39-36-33-30-24-21-18-15-12-9-6-3)62-56(59)50-47-44-41-38-35-31-26-23-20-17-14-11-8-5-2/h7,9-10,12,16,18-19,21,23,25-27,29-30,32-33,39,42,53H,4-6,8,11,13-15,17,20,22,24,28,31,34-38,40-41,43-52H2,1-3H3/b10-7-,12-9-,19-16-,21-18-,26-23-,27-25-,32-29-,33-30-,42-39-. The van der Waals surface area contributed by atoms with Crippen LogP contribution >= 0.6 is 0 Å². The van der Waals surface area contributed by atoms with Crippen LogP contribution in [0, 0.1) is 0 Å². The SMILES string of the molecule is CC/C=C\C/C=C\C/C=C\C/C=C\CCCCCCC(=O)OCC(COC(=O)CC/C=C\C/C=C\C/C=C\C/C=C\CC)OC(=O)CCCCCCC/C=C\CCCCCCC. The summed E-state index contributed by atoms with van der Waals surface area (Å²) in [6, 6.07) is 0. The third-order valence-electron chi connectivity index (χ3n) is 10.0. The molecule has 6 nitrogen and oxygen atoms in total. The van der Waals surface area contributed by atoms with Crippen molar-refractivity contribution < 1.29 is 28.6 Å². The van der Waals surface area contributed by atoms with Gasteiger partial charge in [0.2, 0.25) is 0 Å². The smallest absolute Gasteiger partial charge is 0.306 e. The van der Waals surface area contributed by atoms with Crippen LogP contribution in [0.15, 0.2) is 109 Å². The molecule has 0 aromatic rings. The first-order valence-corrected chi connectivity index (χ1v) is 24.9. The van der Waals surface area contributed by atoms with Crippen molar-refractivity contribution in [3.05, 3.63) is 109 Å². The zero-order chi connectivity index (χ0) is 45.1. The molecule has 6 heteroatoms. The number of esters is 3. The Kier molecular flexibility index (Phi) is 46.6. The average molecular weight is 859 g/mol. The first-order chi connectivity index (χ1) is 30.5. The number of rotatable bonds is 43. The van der Waals surface area contributed by atoms with E-state index in [0.717, 1.165) is 116 Å². The lowest BCUT2D eigenvalue weighted by molar-refractivity contribution is -0.166. The van der Waals surface area contributed by atoms with Crippen molar-refractivity contribution in [2.45, 2.75) is 213 Å². The van der Waals surface area contributed by atoms with Crippen molar-refractivity contribution in [2.75, 3.05) is 13.2 Å². The molecule has 1 unspecified atom stereocenters. The normalized spacial score (nSPS) is 13.0. The van der Waals surface area contributed by atoms with E-state index in [2.05, 4.69) is 118 Å². The molecule has 0 saturated carbocycles. The lowest BCUT2D eigenvalue weighted by Crippen LogP contribution is -2.30. The van der Waals surface area contributed by atoms with E-state index < -0.39 is 6.10 Å². The van der Waals surface area contributed by atoms with Crippen molar-refractivity contribution in [3.8, 4) is 0 Å². The van der Waals surface area contributed by atoms with Gasteiger partial charge in [-0.15, -0.1) is 0 Å². The maximum absolute atomic E-state index is 12.8. The Morgan fingerprint density at radius 1 is 0.339 bits per heavy atom. The van der Waals surface area contributed by atoms with Gasteiger partial charge in [-0.25, -0.2) is 0 Å². The second-order valence-corrected chi connectivity index (χ2v) is 16.0. The molecule has 0 fully saturated rings. The minimum atomic E-state index is -0.822. The molecule has 0 spiro atoms. The summed E-state index contributed by atoms with van der Waals surface area (Å²) in [5.74, 6) is -1.04. The molecule has 0 aliphatic heterocycles. The number of ether oxygens (including phenoxy) is 3. The van der Waals surface area contributed by atoms with E-state index in [1.54, 1.807) is 0 Å². The van der Waals surface area contributed by atoms with Crippen molar-refractivity contribution in [1.82, 2.24) is 0 Å². The van der Waals surface area contributed by atoms with Gasteiger partial charge >= 0.3 is 17.9 Å². The summed E-state index contributed by atoms with van der Waals surface area (Å²) < 4.78 is 16.7. The van der Waals surface area contributed by atoms with E-state index in [-0.39, 0.29) is 37.5 Å². The quantitative estimate of drug-likeness (QED) is 0.0263. The second-order valence-electron chi connectivity index (χ2n) is 16.0. The highest BCUT2D eigenvalue weighted by Crippen LogP contribution is 2.12. The Bertz CT molecular complexity index is 1310. The molecule has 62 heavy (non-hydrogen) atoms. The fourth-order valence-electron chi connectivity index (χ4n) is 6.32. The number of carbonyl (C=O) groups is 3. The fourth-order valence-corrected chi connectivity index (χ4v) is 6.32. The van der Waals surface area contributed by atoms with Crippen LogP contribution in [0.25, 0.3) is 0 Å². The van der Waals surface area contributed by atoms with Gasteiger partial charge < -0.3 is 14.2 Å². The zero-order valence-corrected chi connectivity index (χ0v) is 39.8. The monoisotopic (exact) mass is 859 g/mol. The van der Waals surface area contributed by atoms with Crippen LogP contribution in [0.3, 0.4) is 0 Å². The van der Waals surface area contributed by atoms with Crippen molar-refractivity contribution in [3.63, 3.8) is 0 Å². The van der Waals surface area contributed by atoms with Crippen molar-refractivity contribution in [2.24, 2.45) is 0 Å². The highest BCUT2D eigenvalue weighted by molar-refractivity contribution is 5.71. The number of hydrogen-bond donors (Lipinski definition) is 0. The minimum absolute atomic E-state index is 0.118. The molecule has 0 aliphatic carbocycles. The van der Waals surface area contributed by atoms with Crippen molar-refractivity contribution >= 4 is 17.9 Å². The van der Waals surface area contributed by atoms with Crippen LogP contribution in [0.1, 0.15) is 207 Å². The zero-order valence-electron chi connectivity index (χ0n) is 39.8. The Labute approximate surface area is 380 Å². The van der Waals surface area contributed by atoms with E-state index in [9.17, 15) is 14.4 Å². The number of carbonyl (C=O) groups excluding carboxylic acids is 3. The van der Waals surface area contributed by atoms with Crippen LogP contribution in [0.5, 0.6) is 0 Å². The van der Waals surface area contributed by atoms with Gasteiger partial charge in [-0.1, -0.05) is 188 Å². The maximum atomic E-state index is 12.8. The molecule has 350 valence electrons. The molecule has 0 aliphatic rings. The van der Waals surface area contributed by atoms with Crippen LogP contribution in [-0.4, -0.2) is 37.2 Å². The van der Waals surface area contributed by atoms with E-state index in [4.69, 9.17) is 14.2 Å². The molecule has 0 aromatic carbocycles. The predicted molar refractivity (Wildman–Crippen MR) is 265 cm³/mol. The average Bonchev–Trinajstić information content (AvgIpc) is 3.27. The highest BCUT2D eigenvalue weighted by Gasteiger charge is 2.19. The molecular weight excluding hydrogens is 769 g/mol. The highest BCUT2D eigenvalue weighted by atomic mass is 16.6. The second kappa shape index (κ2) is 49.7. The summed E-state index contributed by atoms with van der Waals surface area (Å²) in [5.41, 5.74) is 0. The first-order valence-electron chi connectivity index (χ1n) is 24.9. The molecule has 0 N–H and O–H groups in total. The summed E-state index contributed by atoms with van der Waals surface area (Å²) in [5, 5.41) is 0. The summed E-state index contributed by atoms with van der Waals surface area (Å²) >= 11 is 0. The summed E-state index contributed by atoms with van der Waals surface area (Å²) in [4.78, 5) is 37.9. The molecule has 0 rings (SSSR count). The Morgan fingerprint density at radius 3 is 1.10 bits per heavy atom. The van der Waals surface area contributed by atoms with Crippen LogP contribution < -0.4 is 0 Å². The third kappa shape index (κ3) is 47.1. The largest absolute Gasteiger partial charge is 0.462 e. The predicted octanol–water partition coefficient (Wildman–Crippen LogP) is 16.4. The van der Waals surface area contributed by atoms with Gasteiger partial charge in [0.25, 0.3) is 0 Å². The summed E-state index contributed by atoms with van der Waals surface area (Å²) in [6.07, 6.45) is 66.5. The molecule has 0 radical (unpaired) electrons. The number of allylic oxidation sites excluding steroid dienone is 18. The Balaban J connectivity index is 4.54. The molecule has 0 heterocycles. The Hall–Kier alpha value is -3.93. The van der Waals surface area contributed by atoms with E-state index >= 15 is 0 Å². The van der Waals surface area contributed by atoms with Gasteiger partial charge in [-0.3, -0.25) is 14.4 Å². The molecule has 0 saturated heterocycles. The minimum Gasteiger partial charge on any atom is -0.462 e. The van der Waals surface area contributed by atoms with E-state index in [1.165, 1.54) is 44.9 Å². The fraction of sp³-hybridized carbons (Fsp3) is 0.625. The van der Waals surface area contributed by atoms with Crippen LogP contribution in [0.2, 0.25) is 0 Å². The van der Waals surface area contributed by atoms with Crippen molar-refractivity contribution in [1.29, 1.82) is 0 Å². The summed E-state index contributed by atoms with van der Waals surface area (Å²) in [7, 11) is 0. The van der Waals surface area contributed by atoms with Gasteiger partial charge in [-0.05, 0) is 109 Å². The number of hydrogen-bond acceptors (Lipinski definition) is 6. The van der Waals surface area contributed by atoms with Crippen LogP contribution in [0.4, 0.5) is 0 Å². The lowest BCUT2D eigenvalue weighted by atomic mass is 10.1. The van der Waals surface area contributed by atoms with Gasteiger partial charge in [0.1, 0.15) is 13.2 Å². The van der Waals surface area contributed by atoms with Gasteiger partial charge in [0.15, 0.2) is 6.10 Å². The van der Waals surface area contributed by atoms with Gasteiger partial charge in [-0.2, -0.15) is 0 Å². The molecule has 1 atom stereocenters. The Morgan fingerprint density at radius 2 is 0.661 bits per heavy atom. The summed E-state index contributed by atoms with van der Waals surface area (Å²) in [6.45, 7) is 6.28. The molecule has 0 bridgehead atoms. The van der Waals surface area contributed by atoms with Gasteiger partial charge in [0, 0.05) is 19.3 Å². The van der Waals surface area contributed by atoms with Crippen LogP contribution in [-0.2, 0) is 28.6 Å².